The third kappa shape index (κ3) is 3.35. The van der Waals surface area contributed by atoms with Gasteiger partial charge in [-0.3, -0.25) is 14.9 Å². The minimum absolute atomic E-state index is 0.0299. The maximum Gasteiger partial charge on any atom is 0.270 e. The van der Waals surface area contributed by atoms with E-state index in [1.807, 2.05) is 0 Å². The average Bonchev–Trinajstić information content (AvgIpc) is 2.72. The predicted molar refractivity (Wildman–Crippen MR) is 84.7 cm³/mol. The van der Waals surface area contributed by atoms with Crippen molar-refractivity contribution in [2.45, 2.75) is 6.54 Å². The normalized spacial score (nSPS) is 10.5. The van der Waals surface area contributed by atoms with E-state index in [2.05, 4.69) is 5.32 Å². The number of carbonyl (C=O) groups is 1. The van der Waals surface area contributed by atoms with Crippen LogP contribution in [0.5, 0.6) is 0 Å². The van der Waals surface area contributed by atoms with Crippen LogP contribution >= 0.6 is 34.8 Å². The molecular weight excluding hydrogens is 353 g/mol. The Morgan fingerprint density at radius 2 is 1.95 bits per heavy atom. The second kappa shape index (κ2) is 6.56. The summed E-state index contributed by atoms with van der Waals surface area (Å²) in [4.78, 5) is 22.3. The van der Waals surface area contributed by atoms with Gasteiger partial charge in [-0.05, 0) is 12.1 Å². The van der Waals surface area contributed by atoms with Crippen molar-refractivity contribution in [3.05, 3.63) is 60.8 Å². The molecular formula is C13H10Cl3N3O3. The van der Waals surface area contributed by atoms with Gasteiger partial charge < -0.3 is 9.88 Å². The first-order valence-corrected chi connectivity index (χ1v) is 7.16. The largest absolute Gasteiger partial charge is 0.346 e. The molecule has 0 unspecified atom stereocenters. The maximum absolute atomic E-state index is 12.1. The van der Waals surface area contributed by atoms with Gasteiger partial charge in [-0.2, -0.15) is 0 Å². The number of hydrogen-bond acceptors (Lipinski definition) is 3. The number of nitrogens with zero attached hydrogens (tertiary/aromatic N) is 2. The number of non-ortho nitro benzene ring substituents is 1. The lowest BCUT2D eigenvalue weighted by Gasteiger charge is -2.08. The van der Waals surface area contributed by atoms with Crippen LogP contribution in [0.25, 0.3) is 0 Å². The first-order valence-electron chi connectivity index (χ1n) is 6.03. The molecule has 9 heteroatoms. The van der Waals surface area contributed by atoms with Crippen molar-refractivity contribution >= 4 is 46.4 Å². The minimum Gasteiger partial charge on any atom is -0.346 e. The summed E-state index contributed by atoms with van der Waals surface area (Å²) in [6.45, 7) is 0.154. The fourth-order valence-electron chi connectivity index (χ4n) is 1.83. The van der Waals surface area contributed by atoms with E-state index >= 15 is 0 Å². The van der Waals surface area contributed by atoms with Crippen molar-refractivity contribution in [1.29, 1.82) is 0 Å². The Kier molecular flexibility index (Phi) is 4.95. The van der Waals surface area contributed by atoms with Crippen LogP contribution in [0.4, 0.5) is 5.69 Å². The summed E-state index contributed by atoms with van der Waals surface area (Å²) in [5.74, 6) is -0.526. The summed E-state index contributed by atoms with van der Waals surface area (Å²) in [6, 6.07) is 5.29. The molecule has 2 aromatic rings. The van der Waals surface area contributed by atoms with E-state index in [0.29, 0.717) is 15.9 Å². The molecule has 0 saturated carbocycles. The van der Waals surface area contributed by atoms with E-state index in [9.17, 15) is 14.9 Å². The molecule has 0 aliphatic rings. The maximum atomic E-state index is 12.1. The number of hydrogen-bond donors (Lipinski definition) is 1. The highest BCUT2D eigenvalue weighted by Crippen LogP contribution is 2.25. The third-order valence-electron chi connectivity index (χ3n) is 3.05. The molecule has 6 nitrogen and oxygen atoms in total. The van der Waals surface area contributed by atoms with Crippen LogP contribution in [-0.2, 0) is 13.6 Å². The van der Waals surface area contributed by atoms with Crippen molar-refractivity contribution in [2.24, 2.45) is 7.05 Å². The van der Waals surface area contributed by atoms with Crippen LogP contribution in [0.15, 0.2) is 24.3 Å². The molecule has 22 heavy (non-hydrogen) atoms. The molecule has 1 N–H and O–H groups in total. The zero-order valence-corrected chi connectivity index (χ0v) is 13.5. The second-order valence-corrected chi connectivity index (χ2v) is 5.61. The number of halogens is 3. The number of nitrogens with one attached hydrogen (secondary N) is 1. The van der Waals surface area contributed by atoms with Crippen LogP contribution in [0, 0.1) is 10.1 Å². The summed E-state index contributed by atoms with van der Waals surface area (Å²) in [7, 11) is 1.70. The number of amides is 1. The van der Waals surface area contributed by atoms with E-state index < -0.39 is 10.8 Å². The first kappa shape index (κ1) is 16.6. The smallest absolute Gasteiger partial charge is 0.270 e. The molecule has 0 aliphatic carbocycles. The van der Waals surface area contributed by atoms with Crippen molar-refractivity contribution in [3.8, 4) is 0 Å². The van der Waals surface area contributed by atoms with Gasteiger partial charge in [-0.25, -0.2) is 0 Å². The Morgan fingerprint density at radius 3 is 2.50 bits per heavy atom. The molecule has 1 amide bonds. The van der Waals surface area contributed by atoms with E-state index in [1.165, 1.54) is 12.1 Å². The molecule has 116 valence electrons. The number of aromatic nitrogens is 1. The molecule has 0 bridgehead atoms. The zero-order valence-electron chi connectivity index (χ0n) is 11.3. The molecule has 1 aromatic carbocycles. The average molecular weight is 363 g/mol. The van der Waals surface area contributed by atoms with Crippen molar-refractivity contribution in [2.75, 3.05) is 0 Å². The topological polar surface area (TPSA) is 77.2 Å². The highest BCUT2D eigenvalue weighted by atomic mass is 35.5. The first-order chi connectivity index (χ1) is 10.3. The van der Waals surface area contributed by atoms with Gasteiger partial charge in [0.1, 0.15) is 5.15 Å². The molecule has 0 spiro atoms. The number of nitro groups is 1. The van der Waals surface area contributed by atoms with Gasteiger partial charge in [0, 0.05) is 24.9 Å². The Hall–Kier alpha value is -1.76. The number of benzene rings is 1. The van der Waals surface area contributed by atoms with Crippen LogP contribution < -0.4 is 5.32 Å². The Balaban J connectivity index is 2.17. The molecule has 0 aliphatic heterocycles. The van der Waals surface area contributed by atoms with Gasteiger partial charge >= 0.3 is 0 Å². The Morgan fingerprint density at radius 1 is 1.27 bits per heavy atom. The fourth-order valence-corrected chi connectivity index (χ4v) is 2.44. The van der Waals surface area contributed by atoms with Crippen LogP contribution in [0.2, 0.25) is 15.2 Å². The quantitative estimate of drug-likeness (QED) is 0.663. The molecule has 0 atom stereocenters. The highest BCUT2D eigenvalue weighted by Gasteiger charge is 2.16. The Labute approximate surface area is 140 Å². The van der Waals surface area contributed by atoms with Crippen molar-refractivity contribution in [3.63, 3.8) is 0 Å². The zero-order chi connectivity index (χ0) is 16.4. The van der Waals surface area contributed by atoms with E-state index in [4.69, 9.17) is 34.8 Å². The van der Waals surface area contributed by atoms with E-state index in [1.54, 1.807) is 17.7 Å². The SMILES string of the molecule is Cn1c(CNC(=O)c2cc([N+](=O)[O-])ccc2Cl)cc(Cl)c1Cl. The lowest BCUT2D eigenvalue weighted by atomic mass is 10.2. The fraction of sp³-hybridized carbons (Fsp3) is 0.154. The summed E-state index contributed by atoms with van der Waals surface area (Å²) >= 11 is 17.7. The van der Waals surface area contributed by atoms with Gasteiger partial charge in [0.25, 0.3) is 11.6 Å². The van der Waals surface area contributed by atoms with Gasteiger partial charge in [0.2, 0.25) is 0 Å². The van der Waals surface area contributed by atoms with Crippen LogP contribution in [0.3, 0.4) is 0 Å². The summed E-state index contributed by atoms with van der Waals surface area (Å²) in [5, 5.41) is 14.2. The van der Waals surface area contributed by atoms with Crippen LogP contribution in [0.1, 0.15) is 16.1 Å². The summed E-state index contributed by atoms with van der Waals surface area (Å²) in [6.07, 6.45) is 0. The molecule has 2 rings (SSSR count). The molecule has 1 heterocycles. The minimum atomic E-state index is -0.593. The molecule has 1 aromatic heterocycles. The van der Waals surface area contributed by atoms with Crippen molar-refractivity contribution < 1.29 is 9.72 Å². The van der Waals surface area contributed by atoms with Crippen LogP contribution in [-0.4, -0.2) is 15.4 Å². The summed E-state index contributed by atoms with van der Waals surface area (Å²) in [5.41, 5.74) is 0.506. The van der Waals surface area contributed by atoms with E-state index in [0.717, 1.165) is 6.07 Å². The molecule has 0 saturated heterocycles. The lowest BCUT2D eigenvalue weighted by Crippen LogP contribution is -2.24. The third-order valence-corrected chi connectivity index (χ3v) is 4.22. The number of carbonyl (C=O) groups excluding carboxylic acids is 1. The molecule has 0 radical (unpaired) electrons. The van der Waals surface area contributed by atoms with Crippen molar-refractivity contribution in [1.82, 2.24) is 9.88 Å². The Bertz CT molecular complexity index is 758. The summed E-state index contributed by atoms with van der Waals surface area (Å²) < 4.78 is 1.62. The number of rotatable bonds is 4. The predicted octanol–water partition coefficient (Wildman–Crippen LogP) is 3.82. The van der Waals surface area contributed by atoms with Gasteiger partial charge in [-0.15, -0.1) is 0 Å². The van der Waals surface area contributed by atoms with Gasteiger partial charge in [0.15, 0.2) is 0 Å². The number of nitro benzene ring substituents is 1. The van der Waals surface area contributed by atoms with E-state index in [-0.39, 0.29) is 22.8 Å². The highest BCUT2D eigenvalue weighted by molar-refractivity contribution is 6.41. The van der Waals surface area contributed by atoms with Gasteiger partial charge in [-0.1, -0.05) is 34.8 Å². The molecule has 0 fully saturated rings. The standard InChI is InChI=1S/C13H10Cl3N3O3/c1-18-8(5-11(15)12(18)16)6-17-13(20)9-4-7(19(21)22)2-3-10(9)14/h2-5H,6H2,1H3,(H,17,20). The van der Waals surface area contributed by atoms with Gasteiger partial charge in [0.05, 0.1) is 27.1 Å². The second-order valence-electron chi connectivity index (χ2n) is 4.44. The lowest BCUT2D eigenvalue weighted by molar-refractivity contribution is -0.384. The monoisotopic (exact) mass is 361 g/mol.